The van der Waals surface area contributed by atoms with E-state index in [9.17, 15) is 4.39 Å². The summed E-state index contributed by atoms with van der Waals surface area (Å²) in [5, 5.41) is 3.88. The molecule has 1 aromatic carbocycles. The molecular weight excluding hydrogens is 433 g/mol. The van der Waals surface area contributed by atoms with E-state index >= 15 is 0 Å². The van der Waals surface area contributed by atoms with Crippen LogP contribution in [0.4, 0.5) is 10.1 Å². The number of thiocarbonyl (C=S) groups is 1. The molecule has 4 aromatic rings. The molecule has 1 aliphatic rings. The predicted octanol–water partition coefficient (Wildman–Crippen LogP) is 5.51. The van der Waals surface area contributed by atoms with E-state index in [1.165, 1.54) is 6.07 Å². The van der Waals surface area contributed by atoms with Crippen molar-refractivity contribution < 1.29 is 4.39 Å². The van der Waals surface area contributed by atoms with Crippen molar-refractivity contribution in [3.05, 3.63) is 107 Å². The second-order valence-corrected chi connectivity index (χ2v) is 8.64. The molecule has 2 atom stereocenters. The molecule has 4 heterocycles. The van der Waals surface area contributed by atoms with Crippen LogP contribution in [0, 0.1) is 26.6 Å². The van der Waals surface area contributed by atoms with E-state index in [1.54, 1.807) is 24.5 Å². The maximum absolute atomic E-state index is 15.0. The first-order chi connectivity index (χ1) is 16.0. The lowest BCUT2D eigenvalue weighted by Gasteiger charge is -2.28. The van der Waals surface area contributed by atoms with Crippen LogP contribution in [0.2, 0.25) is 0 Å². The van der Waals surface area contributed by atoms with Crippen LogP contribution in [-0.2, 0) is 0 Å². The van der Waals surface area contributed by atoms with Crippen LogP contribution in [0.5, 0.6) is 0 Å². The summed E-state index contributed by atoms with van der Waals surface area (Å²) in [5.41, 5.74) is 5.50. The number of nitrogens with zero attached hydrogens (tertiary/aromatic N) is 4. The van der Waals surface area contributed by atoms with Crippen LogP contribution >= 0.6 is 12.2 Å². The Bertz CT molecular complexity index is 1330. The number of aryl methyl sites for hydroxylation is 2. The van der Waals surface area contributed by atoms with E-state index < -0.39 is 0 Å². The highest BCUT2D eigenvalue weighted by atomic mass is 32.1. The lowest BCUT2D eigenvalue weighted by molar-refractivity contribution is 0.556. The van der Waals surface area contributed by atoms with E-state index in [0.717, 1.165) is 34.0 Å². The van der Waals surface area contributed by atoms with Crippen LogP contribution in [0.3, 0.4) is 0 Å². The SMILES string of the molecule is Cc1cccnc1-n1c(C)cc([C@H]2[C@H](c3ccccn3)NC(=S)N2c2ccccc2F)c1C. The first-order valence-corrected chi connectivity index (χ1v) is 11.2. The van der Waals surface area contributed by atoms with Crippen LogP contribution in [0.15, 0.2) is 73.1 Å². The second-order valence-electron chi connectivity index (χ2n) is 8.25. The van der Waals surface area contributed by atoms with Gasteiger partial charge in [-0.3, -0.25) is 4.98 Å². The lowest BCUT2D eigenvalue weighted by atomic mass is 9.96. The van der Waals surface area contributed by atoms with Crippen molar-refractivity contribution in [3.63, 3.8) is 0 Å². The summed E-state index contributed by atoms with van der Waals surface area (Å²) in [6, 6.07) is 18.2. The molecule has 1 N–H and O–H groups in total. The molecule has 1 aliphatic heterocycles. The molecule has 5 rings (SSSR count). The molecule has 3 aromatic heterocycles. The number of anilines is 1. The van der Waals surface area contributed by atoms with E-state index in [4.69, 9.17) is 12.2 Å². The highest BCUT2D eigenvalue weighted by Crippen LogP contribution is 2.44. The zero-order valence-corrected chi connectivity index (χ0v) is 19.5. The minimum atomic E-state index is -0.317. The van der Waals surface area contributed by atoms with Crippen molar-refractivity contribution in [1.82, 2.24) is 19.9 Å². The van der Waals surface area contributed by atoms with Gasteiger partial charge in [0.15, 0.2) is 5.11 Å². The third-order valence-corrected chi connectivity index (χ3v) is 6.51. The molecule has 0 aliphatic carbocycles. The minimum absolute atomic E-state index is 0.239. The maximum Gasteiger partial charge on any atom is 0.174 e. The average Bonchev–Trinajstić information content (AvgIpc) is 3.30. The van der Waals surface area contributed by atoms with E-state index in [-0.39, 0.29) is 17.9 Å². The van der Waals surface area contributed by atoms with Crippen molar-refractivity contribution in [2.45, 2.75) is 32.9 Å². The van der Waals surface area contributed by atoms with Gasteiger partial charge in [0.25, 0.3) is 0 Å². The largest absolute Gasteiger partial charge is 0.351 e. The molecule has 33 heavy (non-hydrogen) atoms. The highest BCUT2D eigenvalue weighted by Gasteiger charge is 2.43. The molecule has 0 unspecified atom stereocenters. The van der Waals surface area contributed by atoms with E-state index in [0.29, 0.717) is 10.8 Å². The van der Waals surface area contributed by atoms with Gasteiger partial charge in [-0.15, -0.1) is 0 Å². The summed E-state index contributed by atoms with van der Waals surface area (Å²) in [5.74, 6) is 0.571. The van der Waals surface area contributed by atoms with Crippen molar-refractivity contribution in [2.24, 2.45) is 0 Å². The Morgan fingerprint density at radius 3 is 2.42 bits per heavy atom. The summed E-state index contributed by atoms with van der Waals surface area (Å²) >= 11 is 5.73. The predicted molar refractivity (Wildman–Crippen MR) is 132 cm³/mol. The Kier molecular flexibility index (Phi) is 5.42. The number of aromatic nitrogens is 3. The Hall–Kier alpha value is -3.58. The zero-order chi connectivity index (χ0) is 23.1. The summed E-state index contributed by atoms with van der Waals surface area (Å²) in [7, 11) is 0. The van der Waals surface area contributed by atoms with Gasteiger partial charge in [-0.05, 0) is 80.5 Å². The van der Waals surface area contributed by atoms with E-state index in [2.05, 4.69) is 52.8 Å². The summed E-state index contributed by atoms with van der Waals surface area (Å²) in [6.45, 7) is 6.19. The molecule has 0 bridgehead atoms. The fourth-order valence-corrected chi connectivity index (χ4v) is 5.04. The Morgan fingerprint density at radius 2 is 1.70 bits per heavy atom. The summed E-state index contributed by atoms with van der Waals surface area (Å²) in [4.78, 5) is 11.1. The van der Waals surface area contributed by atoms with Gasteiger partial charge < -0.3 is 14.8 Å². The molecule has 0 radical (unpaired) electrons. The molecule has 7 heteroatoms. The summed E-state index contributed by atoms with van der Waals surface area (Å²) in [6.07, 6.45) is 3.57. The van der Waals surface area contributed by atoms with Gasteiger partial charge in [-0.2, -0.15) is 0 Å². The third kappa shape index (κ3) is 3.58. The van der Waals surface area contributed by atoms with Gasteiger partial charge in [0, 0.05) is 23.8 Å². The fraction of sp³-hybridized carbons (Fsp3) is 0.192. The van der Waals surface area contributed by atoms with Gasteiger partial charge in [-0.1, -0.05) is 24.3 Å². The number of hydrogen-bond donors (Lipinski definition) is 1. The number of pyridine rings is 2. The van der Waals surface area contributed by atoms with Crippen molar-refractivity contribution in [2.75, 3.05) is 4.90 Å². The van der Waals surface area contributed by atoms with Gasteiger partial charge >= 0.3 is 0 Å². The Morgan fingerprint density at radius 1 is 0.939 bits per heavy atom. The molecule has 0 saturated carbocycles. The lowest BCUT2D eigenvalue weighted by Crippen LogP contribution is -2.30. The monoisotopic (exact) mass is 457 g/mol. The molecular formula is C26H24FN5S. The van der Waals surface area contributed by atoms with Crippen LogP contribution in [-0.4, -0.2) is 19.6 Å². The van der Waals surface area contributed by atoms with Crippen LogP contribution in [0.1, 0.15) is 40.3 Å². The number of benzene rings is 1. The van der Waals surface area contributed by atoms with E-state index in [1.807, 2.05) is 35.2 Å². The Labute approximate surface area is 197 Å². The van der Waals surface area contributed by atoms with Gasteiger partial charge in [0.2, 0.25) is 0 Å². The number of nitrogens with one attached hydrogen (secondary N) is 1. The fourth-order valence-electron chi connectivity index (χ4n) is 4.70. The standard InChI is InChI=1S/C26H24FN5S/c1-16-9-8-14-29-25(16)31-17(2)15-19(18(31)3)24-23(21-11-6-7-13-28-21)30-26(33)32(24)22-12-5-4-10-20(22)27/h4-15,23-24H,1-3H3,(H,30,33)/t23-,24-/m0/s1. The van der Waals surface area contributed by atoms with Crippen LogP contribution in [0.25, 0.3) is 5.82 Å². The van der Waals surface area contributed by atoms with Crippen molar-refractivity contribution in [1.29, 1.82) is 0 Å². The first-order valence-electron chi connectivity index (χ1n) is 10.8. The van der Waals surface area contributed by atoms with Crippen LogP contribution < -0.4 is 10.2 Å². The van der Waals surface area contributed by atoms with Crippen molar-refractivity contribution in [3.8, 4) is 5.82 Å². The average molecular weight is 458 g/mol. The molecule has 1 fully saturated rings. The summed E-state index contributed by atoms with van der Waals surface area (Å²) < 4.78 is 17.1. The number of hydrogen-bond acceptors (Lipinski definition) is 3. The minimum Gasteiger partial charge on any atom is -0.351 e. The normalized spacial score (nSPS) is 17.9. The smallest absolute Gasteiger partial charge is 0.174 e. The maximum atomic E-state index is 15.0. The quantitative estimate of drug-likeness (QED) is 0.410. The third-order valence-electron chi connectivity index (χ3n) is 6.19. The van der Waals surface area contributed by atoms with Gasteiger partial charge in [0.1, 0.15) is 11.6 Å². The first kappa shape index (κ1) is 21.3. The van der Waals surface area contributed by atoms with Crippen molar-refractivity contribution >= 4 is 23.0 Å². The number of para-hydroxylation sites is 1. The Balaban J connectivity index is 1.71. The topological polar surface area (TPSA) is 46.0 Å². The zero-order valence-electron chi connectivity index (χ0n) is 18.7. The second kappa shape index (κ2) is 8.41. The number of rotatable bonds is 4. The van der Waals surface area contributed by atoms with Gasteiger partial charge in [0.05, 0.1) is 23.5 Å². The molecule has 5 nitrogen and oxygen atoms in total. The number of halogens is 1. The molecule has 0 spiro atoms. The van der Waals surface area contributed by atoms with Gasteiger partial charge in [-0.25, -0.2) is 9.37 Å². The molecule has 0 amide bonds. The highest BCUT2D eigenvalue weighted by molar-refractivity contribution is 7.80. The molecule has 166 valence electrons. The molecule has 1 saturated heterocycles.